The summed E-state index contributed by atoms with van der Waals surface area (Å²) in [4.78, 5) is 23.5. The van der Waals surface area contributed by atoms with E-state index < -0.39 is 0 Å². The summed E-state index contributed by atoms with van der Waals surface area (Å²) in [5, 5.41) is 11.6. The second-order valence-corrected chi connectivity index (χ2v) is 5.08. The standard InChI is InChI=1S/C13H13BrN4O2/c1-8-6-16-18-12(8)17-11(19)7-15-13(20)9-3-2-4-10(14)5-9/h2-6H,7H2,1H3,(H,15,20)(H2,16,17,18,19). The number of nitrogens with zero attached hydrogens (tertiary/aromatic N) is 1. The van der Waals surface area contributed by atoms with Crippen LogP contribution >= 0.6 is 15.9 Å². The molecule has 0 fully saturated rings. The van der Waals surface area contributed by atoms with Crippen LogP contribution in [0.2, 0.25) is 0 Å². The first-order valence-electron chi connectivity index (χ1n) is 5.90. The second kappa shape index (κ2) is 6.33. The van der Waals surface area contributed by atoms with Crippen LogP contribution < -0.4 is 10.6 Å². The molecule has 0 bridgehead atoms. The fraction of sp³-hybridized carbons (Fsp3) is 0.154. The van der Waals surface area contributed by atoms with Gasteiger partial charge in [0.25, 0.3) is 5.91 Å². The van der Waals surface area contributed by atoms with Crippen molar-refractivity contribution in [1.82, 2.24) is 15.5 Å². The van der Waals surface area contributed by atoms with E-state index in [4.69, 9.17) is 0 Å². The zero-order valence-electron chi connectivity index (χ0n) is 10.7. The highest BCUT2D eigenvalue weighted by Gasteiger charge is 2.10. The third-order valence-electron chi connectivity index (χ3n) is 2.59. The molecule has 6 nitrogen and oxygen atoms in total. The van der Waals surface area contributed by atoms with Crippen molar-refractivity contribution in [3.05, 3.63) is 46.1 Å². The van der Waals surface area contributed by atoms with Crippen LogP contribution in [0.15, 0.2) is 34.9 Å². The number of H-pyrrole nitrogens is 1. The molecule has 1 aromatic heterocycles. The first-order valence-corrected chi connectivity index (χ1v) is 6.69. The van der Waals surface area contributed by atoms with Crippen LogP contribution in [0.25, 0.3) is 0 Å². The molecule has 0 aliphatic carbocycles. The Balaban J connectivity index is 1.87. The molecule has 0 radical (unpaired) electrons. The van der Waals surface area contributed by atoms with Crippen molar-refractivity contribution < 1.29 is 9.59 Å². The highest BCUT2D eigenvalue weighted by molar-refractivity contribution is 9.10. The van der Waals surface area contributed by atoms with Crippen LogP contribution in [0, 0.1) is 6.92 Å². The predicted octanol–water partition coefficient (Wildman–Crippen LogP) is 1.85. The number of halogens is 1. The fourth-order valence-corrected chi connectivity index (χ4v) is 1.95. The number of benzene rings is 1. The van der Waals surface area contributed by atoms with Gasteiger partial charge in [-0.2, -0.15) is 5.10 Å². The number of aromatic amines is 1. The van der Waals surface area contributed by atoms with Gasteiger partial charge < -0.3 is 10.6 Å². The number of aromatic nitrogens is 2. The molecule has 2 rings (SSSR count). The molecule has 0 unspecified atom stereocenters. The molecule has 104 valence electrons. The Bertz CT molecular complexity index is 639. The van der Waals surface area contributed by atoms with E-state index in [1.165, 1.54) is 0 Å². The van der Waals surface area contributed by atoms with Gasteiger partial charge in [0, 0.05) is 15.6 Å². The lowest BCUT2D eigenvalue weighted by Gasteiger charge is -2.06. The molecule has 2 amide bonds. The highest BCUT2D eigenvalue weighted by atomic mass is 79.9. The Morgan fingerprint density at radius 2 is 2.20 bits per heavy atom. The summed E-state index contributed by atoms with van der Waals surface area (Å²) < 4.78 is 0.808. The Morgan fingerprint density at radius 3 is 2.85 bits per heavy atom. The van der Waals surface area contributed by atoms with Gasteiger partial charge in [-0.05, 0) is 25.1 Å². The minimum atomic E-state index is -0.319. The molecule has 0 atom stereocenters. The van der Waals surface area contributed by atoms with Crippen LogP contribution in [-0.4, -0.2) is 28.6 Å². The molecule has 0 spiro atoms. The van der Waals surface area contributed by atoms with E-state index >= 15 is 0 Å². The highest BCUT2D eigenvalue weighted by Crippen LogP contribution is 2.11. The van der Waals surface area contributed by atoms with E-state index in [-0.39, 0.29) is 18.4 Å². The van der Waals surface area contributed by atoms with E-state index in [1.54, 1.807) is 24.4 Å². The van der Waals surface area contributed by atoms with E-state index in [0.29, 0.717) is 11.4 Å². The quantitative estimate of drug-likeness (QED) is 0.796. The van der Waals surface area contributed by atoms with Crippen LogP contribution in [0.1, 0.15) is 15.9 Å². The zero-order chi connectivity index (χ0) is 14.5. The number of carbonyl (C=O) groups is 2. The molecule has 0 saturated carbocycles. The van der Waals surface area contributed by atoms with Gasteiger partial charge in [0.2, 0.25) is 5.91 Å². The molecule has 1 heterocycles. The molecule has 0 aliphatic rings. The van der Waals surface area contributed by atoms with Crippen LogP contribution in [0.4, 0.5) is 5.82 Å². The number of amides is 2. The molecule has 3 N–H and O–H groups in total. The molecule has 1 aromatic carbocycles. The average molecular weight is 337 g/mol. The first-order chi connectivity index (χ1) is 9.56. The lowest BCUT2D eigenvalue weighted by Crippen LogP contribution is -2.33. The van der Waals surface area contributed by atoms with Gasteiger partial charge >= 0.3 is 0 Å². The SMILES string of the molecule is Cc1cn[nH]c1NC(=O)CNC(=O)c1cccc(Br)c1. The molecule has 0 saturated heterocycles. The van der Waals surface area contributed by atoms with E-state index in [9.17, 15) is 9.59 Å². The lowest BCUT2D eigenvalue weighted by molar-refractivity contribution is -0.115. The van der Waals surface area contributed by atoms with Crippen LogP contribution in [0.5, 0.6) is 0 Å². The molecular formula is C13H13BrN4O2. The maximum Gasteiger partial charge on any atom is 0.251 e. The van der Waals surface area contributed by atoms with Crippen molar-refractivity contribution in [2.75, 3.05) is 11.9 Å². The topological polar surface area (TPSA) is 86.9 Å². The van der Waals surface area contributed by atoms with Gasteiger partial charge in [-0.25, -0.2) is 0 Å². The minimum Gasteiger partial charge on any atom is -0.343 e. The summed E-state index contributed by atoms with van der Waals surface area (Å²) in [5.41, 5.74) is 1.32. The number of hydrogen-bond acceptors (Lipinski definition) is 3. The van der Waals surface area contributed by atoms with Crippen molar-refractivity contribution in [3.63, 3.8) is 0 Å². The van der Waals surface area contributed by atoms with Crippen LogP contribution in [0.3, 0.4) is 0 Å². The average Bonchev–Trinajstić information content (AvgIpc) is 2.81. The number of aryl methyl sites for hydroxylation is 1. The van der Waals surface area contributed by atoms with Gasteiger partial charge in [-0.3, -0.25) is 14.7 Å². The Labute approximate surface area is 124 Å². The normalized spacial score (nSPS) is 10.1. The summed E-state index contributed by atoms with van der Waals surface area (Å²) in [6.45, 7) is 1.71. The number of hydrogen-bond donors (Lipinski definition) is 3. The monoisotopic (exact) mass is 336 g/mol. The largest absolute Gasteiger partial charge is 0.343 e. The van der Waals surface area contributed by atoms with Crippen molar-refractivity contribution in [3.8, 4) is 0 Å². The zero-order valence-corrected chi connectivity index (χ0v) is 12.3. The van der Waals surface area contributed by atoms with Gasteiger partial charge in [-0.1, -0.05) is 22.0 Å². The van der Waals surface area contributed by atoms with E-state index in [1.807, 2.05) is 13.0 Å². The smallest absolute Gasteiger partial charge is 0.251 e. The van der Waals surface area contributed by atoms with Crippen molar-refractivity contribution in [2.24, 2.45) is 0 Å². The van der Waals surface area contributed by atoms with E-state index in [2.05, 4.69) is 36.8 Å². The molecular weight excluding hydrogens is 324 g/mol. The van der Waals surface area contributed by atoms with Crippen molar-refractivity contribution in [1.29, 1.82) is 0 Å². The molecule has 7 heteroatoms. The third kappa shape index (κ3) is 3.67. The van der Waals surface area contributed by atoms with Gasteiger partial charge in [0.05, 0.1) is 12.7 Å². The van der Waals surface area contributed by atoms with Gasteiger partial charge in [0.1, 0.15) is 5.82 Å². The number of rotatable bonds is 4. The molecule has 2 aromatic rings. The Morgan fingerprint density at radius 1 is 1.40 bits per heavy atom. The van der Waals surface area contributed by atoms with E-state index in [0.717, 1.165) is 10.0 Å². The Kier molecular flexibility index (Phi) is 4.52. The summed E-state index contributed by atoms with van der Waals surface area (Å²) in [6, 6.07) is 6.95. The number of nitrogens with one attached hydrogen (secondary N) is 3. The van der Waals surface area contributed by atoms with Crippen molar-refractivity contribution >= 4 is 33.6 Å². The lowest BCUT2D eigenvalue weighted by atomic mass is 10.2. The third-order valence-corrected chi connectivity index (χ3v) is 3.08. The van der Waals surface area contributed by atoms with Gasteiger partial charge in [0.15, 0.2) is 0 Å². The Hall–Kier alpha value is -2.15. The summed E-state index contributed by atoms with van der Waals surface area (Å²) >= 11 is 3.29. The minimum absolute atomic E-state index is 0.107. The molecule has 20 heavy (non-hydrogen) atoms. The number of anilines is 1. The van der Waals surface area contributed by atoms with Gasteiger partial charge in [-0.15, -0.1) is 0 Å². The fourth-order valence-electron chi connectivity index (χ4n) is 1.55. The van der Waals surface area contributed by atoms with Crippen LogP contribution in [-0.2, 0) is 4.79 Å². The predicted molar refractivity (Wildman–Crippen MR) is 78.4 cm³/mol. The maximum absolute atomic E-state index is 11.8. The first kappa shape index (κ1) is 14.3. The summed E-state index contributed by atoms with van der Waals surface area (Å²) in [7, 11) is 0. The summed E-state index contributed by atoms with van der Waals surface area (Å²) in [5.74, 6) is -0.0878. The number of carbonyl (C=O) groups excluding carboxylic acids is 2. The molecule has 0 aliphatic heterocycles. The maximum atomic E-state index is 11.8. The van der Waals surface area contributed by atoms with Crippen molar-refractivity contribution in [2.45, 2.75) is 6.92 Å². The summed E-state index contributed by atoms with van der Waals surface area (Å²) in [6.07, 6.45) is 1.61. The second-order valence-electron chi connectivity index (χ2n) is 4.17.